The van der Waals surface area contributed by atoms with Crippen molar-refractivity contribution in [1.29, 1.82) is 0 Å². The van der Waals surface area contributed by atoms with Crippen molar-refractivity contribution in [2.75, 3.05) is 24.3 Å². The minimum absolute atomic E-state index is 0.00168. The van der Waals surface area contributed by atoms with Crippen molar-refractivity contribution in [2.24, 2.45) is 0 Å². The number of ether oxygens (including phenoxy) is 1. The summed E-state index contributed by atoms with van der Waals surface area (Å²) in [6.45, 7) is 6.21. The minimum atomic E-state index is -1.63. The van der Waals surface area contributed by atoms with Crippen LogP contribution in [0.4, 0.5) is 20.7 Å². The van der Waals surface area contributed by atoms with Gasteiger partial charge in [0.25, 0.3) is 5.91 Å². The molecule has 1 atom stereocenters. The molecular weight excluding hydrogens is 443 g/mol. The van der Waals surface area contributed by atoms with Crippen LogP contribution < -0.4 is 16.0 Å². The van der Waals surface area contributed by atoms with Gasteiger partial charge < -0.3 is 20.5 Å². The number of aromatic nitrogens is 3. The Balaban J connectivity index is 1.97. The number of hydrogen-bond donors (Lipinski definition) is 4. The lowest BCUT2D eigenvalue weighted by atomic mass is 10.0. The molecule has 3 aromatic heterocycles. The first-order valence-electron chi connectivity index (χ1n) is 10.7. The number of alkyl halides is 1. The Morgan fingerprint density at radius 3 is 2.65 bits per heavy atom. The van der Waals surface area contributed by atoms with Crippen LogP contribution in [0.15, 0.2) is 36.8 Å². The SMILES string of the molecule is COC(=O)Nc1cc(-c2cc3c(NC(C)C)c(C(=O)NC[C@@H](F)C(C)(C)O)cnn3c2)ccn1. The summed E-state index contributed by atoms with van der Waals surface area (Å²) in [5, 5.41) is 22.5. The molecule has 3 aromatic rings. The van der Waals surface area contributed by atoms with Crippen LogP contribution in [0, 0.1) is 0 Å². The molecule has 0 aliphatic heterocycles. The summed E-state index contributed by atoms with van der Waals surface area (Å²) in [6.07, 6.45) is 2.48. The molecule has 0 saturated heterocycles. The third-order valence-electron chi connectivity index (χ3n) is 5.03. The zero-order chi connectivity index (χ0) is 25.0. The van der Waals surface area contributed by atoms with Gasteiger partial charge in [0.1, 0.15) is 12.0 Å². The van der Waals surface area contributed by atoms with E-state index in [1.807, 2.05) is 19.9 Å². The largest absolute Gasteiger partial charge is 0.453 e. The number of methoxy groups -OCH3 is 1. The van der Waals surface area contributed by atoms with E-state index >= 15 is 0 Å². The van der Waals surface area contributed by atoms with Gasteiger partial charge >= 0.3 is 6.09 Å². The highest BCUT2D eigenvalue weighted by Gasteiger charge is 2.27. The highest BCUT2D eigenvalue weighted by atomic mass is 19.1. The predicted molar refractivity (Wildman–Crippen MR) is 127 cm³/mol. The summed E-state index contributed by atoms with van der Waals surface area (Å²) in [6, 6.07) is 5.31. The van der Waals surface area contributed by atoms with E-state index in [2.05, 4.69) is 30.8 Å². The standard InChI is InChI=1S/C23H29FN6O4/c1-13(2)28-20-16(21(31)26-11-18(24)23(3,4)33)10-27-30-12-15(8-17(20)30)14-6-7-25-19(9-14)29-22(32)34-5/h6-10,12-13,18,28,33H,11H2,1-5H3,(H,26,31)(H,25,29,32)/t18-/m1/s1. The molecule has 0 spiro atoms. The third-order valence-corrected chi connectivity index (χ3v) is 5.03. The van der Waals surface area contributed by atoms with Crippen LogP contribution in [0.2, 0.25) is 0 Å². The minimum Gasteiger partial charge on any atom is -0.453 e. The van der Waals surface area contributed by atoms with Crippen LogP contribution in [0.3, 0.4) is 0 Å². The molecule has 0 bridgehead atoms. The van der Waals surface area contributed by atoms with E-state index in [1.54, 1.807) is 29.0 Å². The van der Waals surface area contributed by atoms with Gasteiger partial charge in [0, 0.05) is 24.0 Å². The zero-order valence-electron chi connectivity index (χ0n) is 19.7. The van der Waals surface area contributed by atoms with Gasteiger partial charge in [-0.1, -0.05) is 0 Å². The van der Waals surface area contributed by atoms with E-state index in [0.717, 1.165) is 11.1 Å². The van der Waals surface area contributed by atoms with Crippen molar-refractivity contribution in [2.45, 2.75) is 45.5 Å². The lowest BCUT2D eigenvalue weighted by Gasteiger charge is -2.23. The second-order valence-corrected chi connectivity index (χ2v) is 8.67. The average molecular weight is 473 g/mol. The van der Waals surface area contributed by atoms with Crippen molar-refractivity contribution in [3.63, 3.8) is 0 Å². The van der Waals surface area contributed by atoms with Gasteiger partial charge in [0.05, 0.1) is 42.2 Å². The molecule has 0 unspecified atom stereocenters. The van der Waals surface area contributed by atoms with E-state index in [9.17, 15) is 19.1 Å². The molecule has 10 nitrogen and oxygen atoms in total. The number of amides is 2. The molecule has 4 N–H and O–H groups in total. The van der Waals surface area contributed by atoms with Gasteiger partial charge in [0.15, 0.2) is 0 Å². The number of nitrogens with zero attached hydrogens (tertiary/aromatic N) is 3. The fourth-order valence-electron chi connectivity index (χ4n) is 3.19. The molecule has 0 aromatic carbocycles. The topological polar surface area (TPSA) is 130 Å². The van der Waals surface area contributed by atoms with Crippen molar-refractivity contribution < 1.29 is 23.8 Å². The van der Waals surface area contributed by atoms with Crippen LogP contribution in [0.25, 0.3) is 16.6 Å². The highest BCUT2D eigenvalue weighted by Crippen LogP contribution is 2.30. The molecule has 3 heterocycles. The molecule has 0 radical (unpaired) electrons. The summed E-state index contributed by atoms with van der Waals surface area (Å²) in [5.74, 6) is -0.193. The molecule has 11 heteroatoms. The van der Waals surface area contributed by atoms with E-state index in [0.29, 0.717) is 17.0 Å². The van der Waals surface area contributed by atoms with Crippen molar-refractivity contribution in [1.82, 2.24) is 19.9 Å². The first-order chi connectivity index (χ1) is 16.0. The maximum Gasteiger partial charge on any atom is 0.412 e. The van der Waals surface area contributed by atoms with E-state index in [1.165, 1.54) is 27.2 Å². The average Bonchev–Trinajstić information content (AvgIpc) is 3.21. The van der Waals surface area contributed by atoms with Crippen molar-refractivity contribution >= 4 is 29.0 Å². The molecule has 34 heavy (non-hydrogen) atoms. The van der Waals surface area contributed by atoms with Crippen LogP contribution in [0.1, 0.15) is 38.1 Å². The third kappa shape index (κ3) is 5.79. The molecule has 2 amide bonds. The van der Waals surface area contributed by atoms with Gasteiger partial charge in [-0.05, 0) is 51.5 Å². The van der Waals surface area contributed by atoms with Gasteiger partial charge in [-0.3, -0.25) is 10.1 Å². The number of rotatable bonds is 8. The lowest BCUT2D eigenvalue weighted by Crippen LogP contribution is -2.42. The van der Waals surface area contributed by atoms with Gasteiger partial charge in [-0.15, -0.1) is 0 Å². The van der Waals surface area contributed by atoms with Crippen LogP contribution in [-0.4, -0.2) is 63.2 Å². The molecular formula is C23H29FN6O4. The first-order valence-corrected chi connectivity index (χ1v) is 10.7. The Kier molecular flexibility index (Phi) is 7.35. The van der Waals surface area contributed by atoms with Gasteiger partial charge in [0.2, 0.25) is 0 Å². The van der Waals surface area contributed by atoms with Gasteiger partial charge in [-0.25, -0.2) is 18.7 Å². The second-order valence-electron chi connectivity index (χ2n) is 8.67. The summed E-state index contributed by atoms with van der Waals surface area (Å²) < 4.78 is 20.4. The van der Waals surface area contributed by atoms with Gasteiger partial charge in [-0.2, -0.15) is 5.10 Å². The fourth-order valence-corrected chi connectivity index (χ4v) is 3.19. The molecule has 3 rings (SSSR count). The van der Waals surface area contributed by atoms with Crippen LogP contribution in [-0.2, 0) is 4.74 Å². The normalized spacial score (nSPS) is 12.5. The van der Waals surface area contributed by atoms with Crippen molar-refractivity contribution in [3.05, 3.63) is 42.4 Å². The number of pyridine rings is 1. The Morgan fingerprint density at radius 2 is 2.00 bits per heavy atom. The smallest absolute Gasteiger partial charge is 0.412 e. The number of carbonyl (C=O) groups excluding carboxylic acids is 2. The van der Waals surface area contributed by atoms with E-state index in [-0.39, 0.29) is 18.2 Å². The lowest BCUT2D eigenvalue weighted by molar-refractivity contribution is -0.00177. The highest BCUT2D eigenvalue weighted by molar-refractivity contribution is 6.03. The first kappa shape index (κ1) is 24.9. The molecule has 182 valence electrons. The van der Waals surface area contributed by atoms with E-state index < -0.39 is 23.8 Å². The summed E-state index contributed by atoms with van der Waals surface area (Å²) >= 11 is 0. The molecule has 0 aliphatic rings. The maximum atomic E-state index is 14.1. The molecule has 0 fully saturated rings. The number of fused-ring (bicyclic) bond motifs is 1. The van der Waals surface area contributed by atoms with Crippen molar-refractivity contribution in [3.8, 4) is 11.1 Å². The fraction of sp³-hybridized carbons (Fsp3) is 0.391. The number of halogens is 1. The molecule has 0 aliphatic carbocycles. The Labute approximate surface area is 196 Å². The maximum absolute atomic E-state index is 14.1. The quantitative estimate of drug-likeness (QED) is 0.396. The van der Waals surface area contributed by atoms with E-state index in [4.69, 9.17) is 0 Å². The Morgan fingerprint density at radius 1 is 1.26 bits per heavy atom. The number of aliphatic hydroxyl groups is 1. The summed E-state index contributed by atoms with van der Waals surface area (Å²) in [4.78, 5) is 28.5. The van der Waals surface area contributed by atoms with Crippen LogP contribution in [0.5, 0.6) is 0 Å². The number of hydrogen-bond acceptors (Lipinski definition) is 7. The number of nitrogens with one attached hydrogen (secondary N) is 3. The molecule has 0 saturated carbocycles. The second kappa shape index (κ2) is 10.0. The van der Waals surface area contributed by atoms with Crippen LogP contribution >= 0.6 is 0 Å². The number of anilines is 2. The Hall–Kier alpha value is -3.73. The monoisotopic (exact) mass is 472 g/mol. The predicted octanol–water partition coefficient (Wildman–Crippen LogP) is 3.23. The Bertz CT molecular complexity index is 1190. The summed E-state index contributed by atoms with van der Waals surface area (Å²) in [5.41, 5.74) is 1.38. The number of carbonyl (C=O) groups is 2. The summed E-state index contributed by atoms with van der Waals surface area (Å²) in [7, 11) is 1.26. The zero-order valence-corrected chi connectivity index (χ0v) is 19.7.